The van der Waals surface area contributed by atoms with Crippen LogP contribution >= 0.6 is 24.0 Å². The summed E-state index contributed by atoms with van der Waals surface area (Å²) in [6.45, 7) is 9.53. The number of anilines is 2. The molecule has 32 heavy (non-hydrogen) atoms. The third-order valence-corrected chi connectivity index (χ3v) is 5.85. The van der Waals surface area contributed by atoms with E-state index in [1.54, 1.807) is 0 Å². The van der Waals surface area contributed by atoms with E-state index in [4.69, 9.17) is 0 Å². The zero-order valence-corrected chi connectivity index (χ0v) is 22.7. The maximum atomic E-state index is 4.66. The normalized spacial score (nSPS) is 15.2. The SMILES string of the molecule is CN=C(NCc1cccc(N(C)C)n1)NC1CCN(c2ccc(C(C)(C)C)cc2)CC1.I. The smallest absolute Gasteiger partial charge is 0.191 e. The molecule has 1 fully saturated rings. The lowest BCUT2D eigenvalue weighted by Gasteiger charge is -2.35. The van der Waals surface area contributed by atoms with Crippen molar-refractivity contribution < 1.29 is 0 Å². The molecule has 3 rings (SSSR count). The number of benzene rings is 1. The molecule has 176 valence electrons. The Kier molecular flexibility index (Phi) is 9.61. The molecule has 7 heteroatoms. The molecule has 0 spiro atoms. The molecule has 6 nitrogen and oxygen atoms in total. The van der Waals surface area contributed by atoms with Gasteiger partial charge in [0.05, 0.1) is 12.2 Å². The van der Waals surface area contributed by atoms with Crippen LogP contribution in [0.2, 0.25) is 0 Å². The summed E-state index contributed by atoms with van der Waals surface area (Å²) < 4.78 is 0. The summed E-state index contributed by atoms with van der Waals surface area (Å²) in [5.41, 5.74) is 3.90. The molecule has 0 amide bonds. The number of nitrogens with one attached hydrogen (secondary N) is 2. The van der Waals surface area contributed by atoms with Crippen molar-refractivity contribution in [1.82, 2.24) is 15.6 Å². The van der Waals surface area contributed by atoms with E-state index in [2.05, 4.69) is 70.5 Å². The number of rotatable bonds is 5. The number of piperidine rings is 1. The summed E-state index contributed by atoms with van der Waals surface area (Å²) in [6.07, 6.45) is 2.19. The molecule has 1 saturated heterocycles. The monoisotopic (exact) mass is 550 g/mol. The first-order chi connectivity index (χ1) is 14.8. The van der Waals surface area contributed by atoms with Gasteiger partial charge in [-0.3, -0.25) is 4.99 Å². The minimum absolute atomic E-state index is 0. The van der Waals surface area contributed by atoms with Gasteiger partial charge in [-0.15, -0.1) is 24.0 Å². The highest BCUT2D eigenvalue weighted by molar-refractivity contribution is 14.0. The van der Waals surface area contributed by atoms with Crippen LogP contribution in [0.3, 0.4) is 0 Å². The zero-order chi connectivity index (χ0) is 22.4. The van der Waals surface area contributed by atoms with Gasteiger partial charge in [0, 0.05) is 46.0 Å². The Bertz CT molecular complexity index is 865. The lowest BCUT2D eigenvalue weighted by Crippen LogP contribution is -2.48. The van der Waals surface area contributed by atoms with Gasteiger partial charge in [0.25, 0.3) is 0 Å². The number of nitrogens with zero attached hydrogens (tertiary/aromatic N) is 4. The van der Waals surface area contributed by atoms with Crippen LogP contribution in [0, 0.1) is 0 Å². The van der Waals surface area contributed by atoms with Crippen molar-refractivity contribution in [2.75, 3.05) is 44.0 Å². The van der Waals surface area contributed by atoms with Gasteiger partial charge in [-0.25, -0.2) is 4.98 Å². The summed E-state index contributed by atoms with van der Waals surface area (Å²) >= 11 is 0. The lowest BCUT2D eigenvalue weighted by molar-refractivity contribution is 0.461. The number of pyridine rings is 1. The number of hydrogen-bond donors (Lipinski definition) is 2. The summed E-state index contributed by atoms with van der Waals surface area (Å²) in [7, 11) is 5.83. The molecule has 0 saturated carbocycles. The molecular weight excluding hydrogens is 511 g/mol. The molecule has 2 aromatic rings. The van der Waals surface area contributed by atoms with Gasteiger partial charge in [-0.2, -0.15) is 0 Å². The molecule has 1 aliphatic rings. The predicted octanol–water partition coefficient (Wildman–Crippen LogP) is 4.40. The first kappa shape index (κ1) is 26.2. The lowest BCUT2D eigenvalue weighted by atomic mass is 9.87. The van der Waals surface area contributed by atoms with E-state index in [0.29, 0.717) is 12.6 Å². The second-order valence-corrected chi connectivity index (χ2v) is 9.51. The van der Waals surface area contributed by atoms with E-state index in [0.717, 1.165) is 43.4 Å². The summed E-state index contributed by atoms with van der Waals surface area (Å²) in [5.74, 6) is 1.80. The van der Waals surface area contributed by atoms with E-state index < -0.39 is 0 Å². The van der Waals surface area contributed by atoms with Crippen LogP contribution in [0.25, 0.3) is 0 Å². The average molecular weight is 551 g/mol. The van der Waals surface area contributed by atoms with Gasteiger partial charge in [0.1, 0.15) is 5.82 Å². The molecule has 0 unspecified atom stereocenters. The quantitative estimate of drug-likeness (QED) is 0.329. The van der Waals surface area contributed by atoms with E-state index in [9.17, 15) is 0 Å². The van der Waals surface area contributed by atoms with Crippen LogP contribution in [0.1, 0.15) is 44.9 Å². The predicted molar refractivity (Wildman–Crippen MR) is 148 cm³/mol. The van der Waals surface area contributed by atoms with Gasteiger partial charge in [-0.05, 0) is 48.1 Å². The fourth-order valence-corrected chi connectivity index (χ4v) is 3.83. The standard InChI is InChI=1S/C25H38N6.HI/c1-25(2,3)19-10-12-22(13-11-19)31-16-14-20(15-17-31)29-24(26-4)27-18-21-8-7-9-23(28-21)30(5)6;/h7-13,20H,14-18H2,1-6H3,(H2,26,27,29);1H. The third kappa shape index (κ3) is 7.25. The molecule has 1 aliphatic heterocycles. The topological polar surface area (TPSA) is 55.8 Å². The van der Waals surface area contributed by atoms with Crippen LogP contribution in [-0.2, 0) is 12.0 Å². The van der Waals surface area contributed by atoms with Crippen molar-refractivity contribution in [2.24, 2.45) is 4.99 Å². The van der Waals surface area contributed by atoms with Crippen LogP contribution in [0.5, 0.6) is 0 Å². The first-order valence-corrected chi connectivity index (χ1v) is 11.2. The van der Waals surface area contributed by atoms with Crippen molar-refractivity contribution in [1.29, 1.82) is 0 Å². The third-order valence-electron chi connectivity index (χ3n) is 5.85. The van der Waals surface area contributed by atoms with Crippen LogP contribution in [0.15, 0.2) is 47.5 Å². The first-order valence-electron chi connectivity index (χ1n) is 11.2. The minimum atomic E-state index is 0. The maximum Gasteiger partial charge on any atom is 0.191 e. The highest BCUT2D eigenvalue weighted by Crippen LogP contribution is 2.26. The summed E-state index contributed by atoms with van der Waals surface area (Å²) in [6, 6.07) is 15.6. The molecular formula is C25H39IN6. The maximum absolute atomic E-state index is 4.66. The molecule has 2 heterocycles. The Morgan fingerprint density at radius 2 is 1.75 bits per heavy atom. The van der Waals surface area contributed by atoms with Crippen molar-refractivity contribution in [3.8, 4) is 0 Å². The summed E-state index contributed by atoms with van der Waals surface area (Å²) in [4.78, 5) is 13.6. The Labute approximate surface area is 210 Å². The van der Waals surface area contributed by atoms with Crippen LogP contribution < -0.4 is 20.4 Å². The largest absolute Gasteiger partial charge is 0.371 e. The van der Waals surface area contributed by atoms with Gasteiger partial charge >= 0.3 is 0 Å². The molecule has 1 aromatic heterocycles. The van der Waals surface area contributed by atoms with Crippen molar-refractivity contribution in [2.45, 2.75) is 51.6 Å². The number of aromatic nitrogens is 1. The molecule has 0 aliphatic carbocycles. The van der Waals surface area contributed by atoms with Gasteiger partial charge < -0.3 is 20.4 Å². The molecule has 0 radical (unpaired) electrons. The molecule has 1 aromatic carbocycles. The summed E-state index contributed by atoms with van der Waals surface area (Å²) in [5, 5.41) is 6.99. The van der Waals surface area contributed by atoms with Gasteiger partial charge in [-0.1, -0.05) is 39.0 Å². The average Bonchev–Trinajstić information content (AvgIpc) is 2.76. The second-order valence-electron chi connectivity index (χ2n) is 9.51. The van der Waals surface area contributed by atoms with E-state index in [-0.39, 0.29) is 29.4 Å². The fraction of sp³-hybridized carbons (Fsp3) is 0.520. The van der Waals surface area contributed by atoms with E-state index >= 15 is 0 Å². The second kappa shape index (κ2) is 11.7. The van der Waals surface area contributed by atoms with Gasteiger partial charge in [0.2, 0.25) is 0 Å². The Hall–Kier alpha value is -2.03. The molecule has 2 N–H and O–H groups in total. The zero-order valence-electron chi connectivity index (χ0n) is 20.4. The number of guanidine groups is 1. The molecule has 0 bridgehead atoms. The highest BCUT2D eigenvalue weighted by Gasteiger charge is 2.21. The number of hydrogen-bond acceptors (Lipinski definition) is 4. The fourth-order valence-electron chi connectivity index (χ4n) is 3.83. The Morgan fingerprint density at radius 3 is 2.31 bits per heavy atom. The minimum Gasteiger partial charge on any atom is -0.371 e. The molecule has 0 atom stereocenters. The van der Waals surface area contributed by atoms with Crippen molar-refractivity contribution in [3.63, 3.8) is 0 Å². The van der Waals surface area contributed by atoms with Gasteiger partial charge in [0.15, 0.2) is 5.96 Å². The Morgan fingerprint density at radius 1 is 1.09 bits per heavy atom. The van der Waals surface area contributed by atoms with E-state index in [1.165, 1.54) is 11.3 Å². The highest BCUT2D eigenvalue weighted by atomic mass is 127. The van der Waals surface area contributed by atoms with Crippen LogP contribution in [0.4, 0.5) is 11.5 Å². The van der Waals surface area contributed by atoms with Crippen LogP contribution in [-0.4, -0.2) is 51.2 Å². The number of halogens is 1. The van der Waals surface area contributed by atoms with E-state index in [1.807, 2.05) is 44.2 Å². The number of aliphatic imine (C=N–C) groups is 1. The Balaban J connectivity index is 0.00000363. The van der Waals surface area contributed by atoms with Crippen molar-refractivity contribution >= 4 is 41.4 Å². The van der Waals surface area contributed by atoms with Crippen molar-refractivity contribution in [3.05, 3.63) is 53.7 Å².